The van der Waals surface area contributed by atoms with Crippen molar-refractivity contribution in [2.45, 2.75) is 31.1 Å². The zero-order valence-corrected chi connectivity index (χ0v) is 17.4. The van der Waals surface area contributed by atoms with E-state index in [1.807, 2.05) is 42.1 Å². The van der Waals surface area contributed by atoms with Gasteiger partial charge in [0.15, 0.2) is 5.96 Å². The van der Waals surface area contributed by atoms with E-state index < -0.39 is 0 Å². The first-order valence-corrected chi connectivity index (χ1v) is 8.99. The third kappa shape index (κ3) is 7.29. The van der Waals surface area contributed by atoms with Crippen molar-refractivity contribution in [3.05, 3.63) is 35.9 Å². The Balaban J connectivity index is 0.00000288. The molecule has 1 aliphatic rings. The van der Waals surface area contributed by atoms with Gasteiger partial charge in [-0.2, -0.15) is 11.8 Å². The third-order valence-electron chi connectivity index (χ3n) is 3.90. The molecule has 134 valence electrons. The first kappa shape index (κ1) is 21.1. The molecule has 7 heteroatoms. The highest BCUT2D eigenvalue weighted by atomic mass is 127. The molecule has 1 aliphatic heterocycles. The van der Waals surface area contributed by atoms with Crippen molar-refractivity contribution in [2.24, 2.45) is 4.99 Å². The van der Waals surface area contributed by atoms with Crippen LogP contribution in [0.4, 0.5) is 0 Å². The number of thioether (sulfide) groups is 1. The van der Waals surface area contributed by atoms with Crippen molar-refractivity contribution in [3.63, 3.8) is 0 Å². The number of nitrogens with zero attached hydrogens (tertiary/aromatic N) is 1. The molecule has 1 atom stereocenters. The highest BCUT2D eigenvalue weighted by Gasteiger charge is 2.29. The van der Waals surface area contributed by atoms with Crippen LogP contribution in [0.25, 0.3) is 0 Å². The second-order valence-corrected chi connectivity index (χ2v) is 7.63. The number of hydrogen-bond acceptors (Lipinski definition) is 3. The zero-order chi connectivity index (χ0) is 16.5. The van der Waals surface area contributed by atoms with E-state index in [2.05, 4.69) is 27.9 Å². The number of guanidine groups is 1. The van der Waals surface area contributed by atoms with Gasteiger partial charge in [-0.25, -0.2) is 0 Å². The number of halogens is 1. The summed E-state index contributed by atoms with van der Waals surface area (Å²) in [7, 11) is 1.72. The molecule has 0 bridgehead atoms. The molecule has 1 amide bonds. The first-order valence-electron chi connectivity index (χ1n) is 8.00. The number of nitrogens with one attached hydrogen (secondary N) is 3. The van der Waals surface area contributed by atoms with Gasteiger partial charge in [0.25, 0.3) is 0 Å². The van der Waals surface area contributed by atoms with Crippen LogP contribution in [0.3, 0.4) is 0 Å². The van der Waals surface area contributed by atoms with Crippen LogP contribution >= 0.6 is 35.7 Å². The molecule has 1 unspecified atom stereocenters. The molecule has 0 spiro atoms. The van der Waals surface area contributed by atoms with Crippen molar-refractivity contribution < 1.29 is 4.79 Å². The molecule has 0 radical (unpaired) electrons. The molecule has 1 heterocycles. The Morgan fingerprint density at radius 3 is 2.62 bits per heavy atom. The maximum atomic E-state index is 11.9. The van der Waals surface area contributed by atoms with Crippen LogP contribution in [0.1, 0.15) is 25.3 Å². The normalized spacial score (nSPS) is 20.2. The number of hydrogen-bond donors (Lipinski definition) is 3. The van der Waals surface area contributed by atoms with Crippen molar-refractivity contribution in [3.8, 4) is 0 Å². The Hall–Kier alpha value is -0.960. The van der Waals surface area contributed by atoms with Crippen LogP contribution in [0.5, 0.6) is 0 Å². The van der Waals surface area contributed by atoms with Gasteiger partial charge < -0.3 is 16.0 Å². The fourth-order valence-corrected chi connectivity index (χ4v) is 3.73. The molecule has 0 aromatic heterocycles. The topological polar surface area (TPSA) is 65.5 Å². The molecule has 3 N–H and O–H groups in total. The van der Waals surface area contributed by atoms with Crippen LogP contribution < -0.4 is 16.0 Å². The Morgan fingerprint density at radius 2 is 2.00 bits per heavy atom. The van der Waals surface area contributed by atoms with Gasteiger partial charge in [0.1, 0.15) is 0 Å². The highest BCUT2D eigenvalue weighted by molar-refractivity contribution is 14.0. The zero-order valence-electron chi connectivity index (χ0n) is 14.3. The van der Waals surface area contributed by atoms with Crippen molar-refractivity contribution in [1.82, 2.24) is 16.0 Å². The monoisotopic (exact) mass is 462 g/mol. The predicted molar refractivity (Wildman–Crippen MR) is 113 cm³/mol. The summed E-state index contributed by atoms with van der Waals surface area (Å²) in [5, 5.41) is 9.28. The van der Waals surface area contributed by atoms with E-state index in [9.17, 15) is 4.79 Å². The fraction of sp³-hybridized carbons (Fsp3) is 0.529. The lowest BCUT2D eigenvalue weighted by Gasteiger charge is -2.24. The van der Waals surface area contributed by atoms with E-state index >= 15 is 0 Å². The Labute approximate surface area is 165 Å². The Bertz CT molecular complexity index is 533. The lowest BCUT2D eigenvalue weighted by molar-refractivity contribution is -0.120. The maximum Gasteiger partial charge on any atom is 0.239 e. The van der Waals surface area contributed by atoms with E-state index in [-0.39, 0.29) is 41.2 Å². The lowest BCUT2D eigenvalue weighted by atomic mass is 10.1. The number of aliphatic imine (C=N–C) groups is 1. The Kier molecular flexibility index (Phi) is 9.50. The van der Waals surface area contributed by atoms with E-state index in [4.69, 9.17) is 0 Å². The summed E-state index contributed by atoms with van der Waals surface area (Å²) in [4.78, 5) is 16.1. The van der Waals surface area contributed by atoms with Crippen LogP contribution in [-0.2, 0) is 11.3 Å². The smallest absolute Gasteiger partial charge is 0.239 e. The van der Waals surface area contributed by atoms with E-state index in [1.165, 1.54) is 18.6 Å². The first-order chi connectivity index (χ1) is 11.1. The standard InChI is InChI=1S/C17H26N4OS.HI/c1-17(9-6-10-23-17)13-21-16(18-2)20-12-15(22)19-11-14-7-4-3-5-8-14;/h3-5,7-8H,6,9-13H2,1-2H3,(H,19,22)(H2,18,20,21);1H. The molecule has 24 heavy (non-hydrogen) atoms. The molecular formula is C17H27IN4OS. The molecule has 0 aliphatic carbocycles. The number of amides is 1. The van der Waals surface area contributed by atoms with Gasteiger partial charge in [0.05, 0.1) is 6.54 Å². The molecule has 1 fully saturated rings. The minimum atomic E-state index is -0.0433. The third-order valence-corrected chi connectivity index (χ3v) is 5.44. The summed E-state index contributed by atoms with van der Waals surface area (Å²) in [5.41, 5.74) is 1.09. The van der Waals surface area contributed by atoms with Crippen molar-refractivity contribution >= 4 is 47.6 Å². The second kappa shape index (κ2) is 10.8. The fourth-order valence-electron chi connectivity index (χ4n) is 2.49. The molecule has 1 aromatic carbocycles. The minimum absolute atomic E-state index is 0. The van der Waals surface area contributed by atoms with Gasteiger partial charge in [0, 0.05) is 24.9 Å². The van der Waals surface area contributed by atoms with Crippen LogP contribution in [0, 0.1) is 0 Å². The van der Waals surface area contributed by atoms with E-state index in [0.717, 1.165) is 12.1 Å². The average Bonchev–Trinajstić information content (AvgIpc) is 3.01. The van der Waals surface area contributed by atoms with Crippen LogP contribution in [-0.4, -0.2) is 42.5 Å². The predicted octanol–water partition coefficient (Wildman–Crippen LogP) is 2.37. The summed E-state index contributed by atoms with van der Waals surface area (Å²) >= 11 is 2.00. The quantitative estimate of drug-likeness (QED) is 0.345. The van der Waals surface area contributed by atoms with Crippen LogP contribution in [0.15, 0.2) is 35.3 Å². The largest absolute Gasteiger partial charge is 0.355 e. The van der Waals surface area contributed by atoms with E-state index in [1.54, 1.807) is 7.05 Å². The molecule has 1 saturated heterocycles. The lowest BCUT2D eigenvalue weighted by Crippen LogP contribution is -2.46. The molecule has 2 rings (SSSR count). The van der Waals surface area contributed by atoms with Crippen molar-refractivity contribution in [2.75, 3.05) is 25.9 Å². The Morgan fingerprint density at radius 1 is 1.25 bits per heavy atom. The van der Waals surface area contributed by atoms with Gasteiger partial charge in [-0.1, -0.05) is 30.3 Å². The summed E-state index contributed by atoms with van der Waals surface area (Å²) in [6.07, 6.45) is 2.50. The summed E-state index contributed by atoms with van der Waals surface area (Å²) in [5.74, 6) is 1.86. The van der Waals surface area contributed by atoms with Gasteiger partial charge in [-0.15, -0.1) is 24.0 Å². The summed E-state index contributed by atoms with van der Waals surface area (Å²) in [6, 6.07) is 9.88. The van der Waals surface area contributed by atoms with Gasteiger partial charge in [-0.05, 0) is 31.1 Å². The minimum Gasteiger partial charge on any atom is -0.355 e. The molecular weight excluding hydrogens is 435 g/mol. The van der Waals surface area contributed by atoms with Gasteiger partial charge in [0.2, 0.25) is 5.91 Å². The SMILES string of the molecule is CN=C(NCC(=O)NCc1ccccc1)NCC1(C)CCCS1.I. The maximum absolute atomic E-state index is 11.9. The number of benzene rings is 1. The number of rotatable bonds is 6. The van der Waals surface area contributed by atoms with Gasteiger partial charge >= 0.3 is 0 Å². The highest BCUT2D eigenvalue weighted by Crippen LogP contribution is 2.36. The second-order valence-electron chi connectivity index (χ2n) is 5.94. The number of carbonyl (C=O) groups excluding carboxylic acids is 1. The number of carbonyl (C=O) groups is 1. The van der Waals surface area contributed by atoms with E-state index in [0.29, 0.717) is 12.5 Å². The van der Waals surface area contributed by atoms with Crippen molar-refractivity contribution in [1.29, 1.82) is 0 Å². The van der Waals surface area contributed by atoms with Crippen LogP contribution in [0.2, 0.25) is 0 Å². The molecule has 1 aromatic rings. The van der Waals surface area contributed by atoms with Gasteiger partial charge in [-0.3, -0.25) is 9.79 Å². The average molecular weight is 462 g/mol. The summed E-state index contributed by atoms with van der Waals surface area (Å²) in [6.45, 7) is 3.90. The summed E-state index contributed by atoms with van der Waals surface area (Å²) < 4.78 is 0.271. The molecule has 0 saturated carbocycles. The molecule has 5 nitrogen and oxygen atoms in total.